The van der Waals surface area contributed by atoms with E-state index in [1.807, 2.05) is 36.4 Å². The lowest BCUT2D eigenvalue weighted by molar-refractivity contribution is 0.362. The summed E-state index contributed by atoms with van der Waals surface area (Å²) in [6.45, 7) is 3.04. The van der Waals surface area contributed by atoms with Crippen LogP contribution in [-0.2, 0) is 6.54 Å². The summed E-state index contributed by atoms with van der Waals surface area (Å²) < 4.78 is 10.9. The van der Waals surface area contributed by atoms with Crippen LogP contribution in [0.3, 0.4) is 0 Å². The zero-order valence-corrected chi connectivity index (χ0v) is 10.9. The van der Waals surface area contributed by atoms with Crippen molar-refractivity contribution >= 4 is 0 Å². The number of para-hydroxylation sites is 1. The van der Waals surface area contributed by atoms with Gasteiger partial charge >= 0.3 is 0 Å². The Labute approximate surface area is 113 Å². The van der Waals surface area contributed by atoms with Crippen molar-refractivity contribution in [3.63, 3.8) is 0 Å². The number of terminal acetylenes is 1. The van der Waals surface area contributed by atoms with Crippen molar-refractivity contribution in [1.29, 1.82) is 0 Å². The summed E-state index contributed by atoms with van der Waals surface area (Å²) in [5, 5.41) is 3.39. The van der Waals surface area contributed by atoms with Crippen LogP contribution in [-0.4, -0.2) is 6.61 Å². The van der Waals surface area contributed by atoms with Crippen LogP contribution in [0.15, 0.2) is 47.1 Å². The lowest BCUT2D eigenvalue weighted by Gasteiger charge is -2.14. The molecule has 98 valence electrons. The third-order valence-electron chi connectivity index (χ3n) is 2.85. The number of nitrogens with one attached hydrogen (secondary N) is 1. The van der Waals surface area contributed by atoms with Gasteiger partial charge in [0.05, 0.1) is 12.3 Å². The SMILES string of the molecule is C#CCOc1ccccc1CN[C@H](C)c1ccco1. The number of hydrogen-bond donors (Lipinski definition) is 1. The van der Waals surface area contributed by atoms with Gasteiger partial charge in [0, 0.05) is 12.1 Å². The summed E-state index contributed by atoms with van der Waals surface area (Å²) in [5.74, 6) is 4.21. The van der Waals surface area contributed by atoms with Crippen LogP contribution in [0, 0.1) is 12.3 Å². The number of rotatable bonds is 6. The van der Waals surface area contributed by atoms with E-state index in [2.05, 4.69) is 18.2 Å². The fraction of sp³-hybridized carbons (Fsp3) is 0.250. The van der Waals surface area contributed by atoms with Gasteiger partial charge < -0.3 is 14.5 Å². The molecule has 1 atom stereocenters. The van der Waals surface area contributed by atoms with Gasteiger partial charge in [-0.05, 0) is 25.1 Å². The summed E-state index contributed by atoms with van der Waals surface area (Å²) in [6, 6.07) is 11.9. The van der Waals surface area contributed by atoms with Gasteiger partial charge in [0.25, 0.3) is 0 Å². The molecule has 19 heavy (non-hydrogen) atoms. The predicted molar refractivity (Wildman–Crippen MR) is 74.7 cm³/mol. The minimum absolute atomic E-state index is 0.149. The molecule has 0 saturated heterocycles. The molecule has 1 aromatic carbocycles. The predicted octanol–water partition coefficient (Wildman–Crippen LogP) is 3.14. The molecule has 0 unspecified atom stereocenters. The third kappa shape index (κ3) is 3.64. The normalized spacial score (nSPS) is 11.8. The van der Waals surface area contributed by atoms with E-state index in [1.165, 1.54) is 0 Å². The standard InChI is InChI=1S/C16H17NO2/c1-3-10-18-16-8-5-4-7-14(16)12-17-13(2)15-9-6-11-19-15/h1,4-9,11,13,17H,10,12H2,2H3/t13-/m1/s1. The molecule has 0 aliphatic rings. The summed E-state index contributed by atoms with van der Waals surface area (Å²) >= 11 is 0. The Balaban J connectivity index is 1.97. The third-order valence-corrected chi connectivity index (χ3v) is 2.85. The average molecular weight is 255 g/mol. The molecule has 0 fully saturated rings. The van der Waals surface area contributed by atoms with Crippen molar-refractivity contribution in [2.24, 2.45) is 0 Å². The molecule has 2 rings (SSSR count). The topological polar surface area (TPSA) is 34.4 Å². The Kier molecular flexibility index (Phi) is 4.66. The zero-order valence-electron chi connectivity index (χ0n) is 10.9. The van der Waals surface area contributed by atoms with E-state index in [0.717, 1.165) is 17.1 Å². The highest BCUT2D eigenvalue weighted by molar-refractivity contribution is 5.33. The fourth-order valence-electron chi connectivity index (χ4n) is 1.81. The first kappa shape index (κ1) is 13.3. The van der Waals surface area contributed by atoms with Gasteiger partial charge in [-0.25, -0.2) is 0 Å². The summed E-state index contributed by atoms with van der Waals surface area (Å²) in [5.41, 5.74) is 1.08. The van der Waals surface area contributed by atoms with Gasteiger partial charge in [0.15, 0.2) is 0 Å². The van der Waals surface area contributed by atoms with Crippen LogP contribution in [0.2, 0.25) is 0 Å². The van der Waals surface area contributed by atoms with E-state index in [9.17, 15) is 0 Å². The lowest BCUT2D eigenvalue weighted by atomic mass is 10.2. The van der Waals surface area contributed by atoms with Crippen LogP contribution in [0.1, 0.15) is 24.3 Å². The van der Waals surface area contributed by atoms with E-state index >= 15 is 0 Å². The molecule has 0 aliphatic heterocycles. The maximum atomic E-state index is 5.51. The number of ether oxygens (including phenoxy) is 1. The molecule has 0 amide bonds. The molecule has 0 radical (unpaired) electrons. The molecule has 1 N–H and O–H groups in total. The molecular weight excluding hydrogens is 238 g/mol. The van der Waals surface area contributed by atoms with E-state index in [-0.39, 0.29) is 12.6 Å². The molecule has 0 saturated carbocycles. The number of furan rings is 1. The molecule has 2 aromatic rings. The van der Waals surface area contributed by atoms with Gasteiger partial charge in [0.2, 0.25) is 0 Å². The van der Waals surface area contributed by atoms with E-state index in [1.54, 1.807) is 6.26 Å². The van der Waals surface area contributed by atoms with Crippen molar-refractivity contribution < 1.29 is 9.15 Å². The Morgan fingerprint density at radius 3 is 2.89 bits per heavy atom. The first-order chi connectivity index (χ1) is 9.31. The van der Waals surface area contributed by atoms with Crippen molar-refractivity contribution in [2.45, 2.75) is 19.5 Å². The largest absolute Gasteiger partial charge is 0.481 e. The van der Waals surface area contributed by atoms with Crippen LogP contribution in [0.4, 0.5) is 0 Å². The van der Waals surface area contributed by atoms with Crippen LogP contribution in [0.25, 0.3) is 0 Å². The first-order valence-electron chi connectivity index (χ1n) is 6.22. The summed E-state index contributed by atoms with van der Waals surface area (Å²) in [6.07, 6.45) is 6.89. The first-order valence-corrected chi connectivity index (χ1v) is 6.22. The van der Waals surface area contributed by atoms with Gasteiger partial charge in [-0.1, -0.05) is 24.1 Å². The van der Waals surface area contributed by atoms with Gasteiger partial charge in [-0.15, -0.1) is 6.42 Å². The maximum absolute atomic E-state index is 5.51. The molecule has 0 spiro atoms. The fourth-order valence-corrected chi connectivity index (χ4v) is 1.81. The smallest absolute Gasteiger partial charge is 0.148 e. The summed E-state index contributed by atoms with van der Waals surface area (Å²) in [4.78, 5) is 0. The molecule has 0 bridgehead atoms. The Hall–Kier alpha value is -2.18. The zero-order chi connectivity index (χ0) is 13.5. The highest BCUT2D eigenvalue weighted by Gasteiger charge is 2.09. The Morgan fingerprint density at radius 2 is 2.16 bits per heavy atom. The van der Waals surface area contributed by atoms with Crippen LogP contribution in [0.5, 0.6) is 5.75 Å². The van der Waals surface area contributed by atoms with Crippen molar-refractivity contribution in [3.05, 3.63) is 54.0 Å². The molecule has 3 heteroatoms. The maximum Gasteiger partial charge on any atom is 0.148 e. The van der Waals surface area contributed by atoms with E-state index in [0.29, 0.717) is 6.54 Å². The highest BCUT2D eigenvalue weighted by Crippen LogP contribution is 2.19. The van der Waals surface area contributed by atoms with Crippen LogP contribution < -0.4 is 10.1 Å². The number of benzene rings is 1. The second-order valence-electron chi connectivity index (χ2n) is 4.22. The Morgan fingerprint density at radius 1 is 1.32 bits per heavy atom. The minimum atomic E-state index is 0.149. The number of hydrogen-bond acceptors (Lipinski definition) is 3. The average Bonchev–Trinajstić information content (AvgIpc) is 2.97. The molecule has 0 aliphatic carbocycles. The quantitative estimate of drug-likeness (QED) is 0.805. The molecule has 1 heterocycles. The van der Waals surface area contributed by atoms with Crippen molar-refractivity contribution in [3.8, 4) is 18.1 Å². The minimum Gasteiger partial charge on any atom is -0.481 e. The van der Waals surface area contributed by atoms with Crippen molar-refractivity contribution in [1.82, 2.24) is 5.32 Å². The second kappa shape index (κ2) is 6.67. The Bertz CT molecular complexity index is 540. The van der Waals surface area contributed by atoms with E-state index < -0.39 is 0 Å². The van der Waals surface area contributed by atoms with Gasteiger partial charge in [-0.2, -0.15) is 0 Å². The van der Waals surface area contributed by atoms with Gasteiger partial charge in [0.1, 0.15) is 18.1 Å². The lowest BCUT2D eigenvalue weighted by Crippen LogP contribution is -2.18. The van der Waals surface area contributed by atoms with E-state index in [4.69, 9.17) is 15.6 Å². The molecular formula is C16H17NO2. The molecule has 1 aromatic heterocycles. The monoisotopic (exact) mass is 255 g/mol. The van der Waals surface area contributed by atoms with Gasteiger partial charge in [-0.3, -0.25) is 0 Å². The highest BCUT2D eigenvalue weighted by atomic mass is 16.5. The summed E-state index contributed by atoms with van der Waals surface area (Å²) in [7, 11) is 0. The molecule has 3 nitrogen and oxygen atoms in total. The van der Waals surface area contributed by atoms with Crippen molar-refractivity contribution in [2.75, 3.05) is 6.61 Å². The second-order valence-corrected chi connectivity index (χ2v) is 4.22. The van der Waals surface area contributed by atoms with Crippen LogP contribution >= 0.6 is 0 Å².